The molecule has 1 aliphatic carbocycles. The minimum atomic E-state index is -0.815. The maximum Gasteiger partial charge on any atom is 0.251 e. The first-order valence-corrected chi connectivity index (χ1v) is 13.3. The van der Waals surface area contributed by atoms with Crippen LogP contribution in [0.15, 0.2) is 58.5 Å². The lowest BCUT2D eigenvalue weighted by atomic mass is 9.85. The molecule has 0 fully saturated rings. The van der Waals surface area contributed by atoms with Crippen molar-refractivity contribution in [2.75, 3.05) is 20.8 Å². The topological polar surface area (TPSA) is 134 Å². The molecule has 0 unspecified atom stereocenters. The third kappa shape index (κ3) is 9.10. The average molecular weight is 544 g/mol. The number of ketones is 2. The van der Waals surface area contributed by atoms with Gasteiger partial charge in [0.1, 0.15) is 0 Å². The third-order valence-corrected chi connectivity index (χ3v) is 6.90. The fraction of sp³-hybridized carbons (Fsp3) is 0.533. The van der Waals surface area contributed by atoms with Gasteiger partial charge in [0.15, 0.2) is 0 Å². The summed E-state index contributed by atoms with van der Waals surface area (Å²) in [6, 6.07) is -0.463. The Morgan fingerprint density at radius 3 is 2.46 bits per heavy atom. The molecule has 2 bridgehead atoms. The number of hydrogen-bond acceptors (Lipinski definition) is 8. The Morgan fingerprint density at radius 2 is 1.85 bits per heavy atom. The molecule has 1 aliphatic heterocycles. The van der Waals surface area contributed by atoms with Gasteiger partial charge in [-0.25, -0.2) is 0 Å². The van der Waals surface area contributed by atoms with Crippen molar-refractivity contribution in [2.24, 2.45) is 11.8 Å². The normalized spacial score (nSPS) is 32.4. The fourth-order valence-electron chi connectivity index (χ4n) is 4.61. The Labute approximate surface area is 231 Å². The van der Waals surface area contributed by atoms with E-state index in [0.29, 0.717) is 12.0 Å². The smallest absolute Gasteiger partial charge is 0.251 e. The Hall–Kier alpha value is -2.85. The molecule has 0 aromatic carbocycles. The summed E-state index contributed by atoms with van der Waals surface area (Å²) >= 11 is 0. The van der Waals surface area contributed by atoms with Crippen LogP contribution in [-0.4, -0.2) is 72.9 Å². The molecule has 2 aliphatic rings. The van der Waals surface area contributed by atoms with E-state index in [2.05, 4.69) is 10.6 Å². The summed E-state index contributed by atoms with van der Waals surface area (Å²) in [5.74, 6) is -1.85. The largest absolute Gasteiger partial charge is 0.394 e. The number of nitrogens with one attached hydrogen (secondary N) is 2. The van der Waals surface area contributed by atoms with Gasteiger partial charge < -0.3 is 30.3 Å². The third-order valence-electron chi connectivity index (χ3n) is 6.90. The zero-order valence-electron chi connectivity index (χ0n) is 24.0. The van der Waals surface area contributed by atoms with Crippen LogP contribution >= 0.6 is 0 Å². The summed E-state index contributed by atoms with van der Waals surface area (Å²) in [7, 11) is 3.11. The van der Waals surface area contributed by atoms with Crippen LogP contribution in [0.25, 0.3) is 0 Å². The number of ether oxygens (including phenoxy) is 2. The van der Waals surface area contributed by atoms with Crippen molar-refractivity contribution >= 4 is 17.5 Å². The molecule has 0 spiro atoms. The van der Waals surface area contributed by atoms with Gasteiger partial charge in [-0.3, -0.25) is 14.4 Å². The van der Waals surface area contributed by atoms with Crippen molar-refractivity contribution in [3.05, 3.63) is 64.9 Å². The fourth-order valence-corrected chi connectivity index (χ4v) is 4.61. The van der Waals surface area contributed by atoms with Crippen molar-refractivity contribution < 1.29 is 34.1 Å². The highest BCUT2D eigenvalue weighted by molar-refractivity contribution is 6.23. The van der Waals surface area contributed by atoms with Crippen LogP contribution in [0.4, 0.5) is 0 Å². The zero-order chi connectivity index (χ0) is 29.3. The van der Waals surface area contributed by atoms with Crippen molar-refractivity contribution in [3.63, 3.8) is 0 Å². The molecule has 1 heterocycles. The number of amides is 1. The molecule has 39 heavy (non-hydrogen) atoms. The van der Waals surface area contributed by atoms with Crippen molar-refractivity contribution in [2.45, 2.75) is 71.8 Å². The summed E-state index contributed by atoms with van der Waals surface area (Å²) < 4.78 is 11.2. The van der Waals surface area contributed by atoms with E-state index >= 15 is 0 Å². The molecule has 1 radical (unpaired) electrons. The molecule has 1 amide bonds. The summed E-state index contributed by atoms with van der Waals surface area (Å²) in [5, 5.41) is 26.2. The van der Waals surface area contributed by atoms with Gasteiger partial charge in [-0.2, -0.15) is 0 Å². The maximum absolute atomic E-state index is 13.5. The number of aliphatic hydroxyl groups is 2. The molecular formula is C30H43N2O7. The second-order valence-corrected chi connectivity index (χ2v) is 10.5. The Balaban J connectivity index is 2.54. The number of hydrogen-bond donors (Lipinski definition) is 4. The van der Waals surface area contributed by atoms with Gasteiger partial charge in [0.25, 0.3) is 5.91 Å². The van der Waals surface area contributed by atoms with E-state index in [-0.39, 0.29) is 47.9 Å². The van der Waals surface area contributed by atoms with E-state index in [9.17, 15) is 24.6 Å². The summed E-state index contributed by atoms with van der Waals surface area (Å²) in [5.41, 5.74) is 1.47. The Morgan fingerprint density at radius 1 is 1.15 bits per heavy atom. The molecule has 215 valence electrons. The summed E-state index contributed by atoms with van der Waals surface area (Å²) in [4.78, 5) is 39.5. The first-order valence-electron chi connectivity index (χ1n) is 13.3. The average Bonchev–Trinajstić information content (AvgIpc) is 2.89. The van der Waals surface area contributed by atoms with Crippen LogP contribution in [0, 0.1) is 18.3 Å². The predicted octanol–water partition coefficient (Wildman–Crippen LogP) is 2.47. The number of allylic oxidation sites excluding steroid dienone is 4. The van der Waals surface area contributed by atoms with E-state index in [1.165, 1.54) is 7.11 Å². The minimum absolute atomic E-state index is 0.107. The molecule has 9 heteroatoms. The van der Waals surface area contributed by atoms with Gasteiger partial charge in [0.05, 0.1) is 36.3 Å². The summed E-state index contributed by atoms with van der Waals surface area (Å²) in [6.45, 7) is 8.82. The molecular weight excluding hydrogens is 500 g/mol. The van der Waals surface area contributed by atoms with Gasteiger partial charge in [-0.05, 0) is 39.5 Å². The SMILES string of the molecule is CO[C@H]1C[C@H](C)CC2=C(N[C@H](C)CO)C(=O)C=C(NC(=O)/C(C)=C/C=C\[C@@H](OC)[CH]/C(C)=C/[C@H](C)[C@H]1O)C2=O. The quantitative estimate of drug-likeness (QED) is 0.389. The maximum atomic E-state index is 13.5. The molecule has 6 atom stereocenters. The number of carbonyl (C=O) groups excluding carboxylic acids is 3. The Bertz CT molecular complexity index is 1070. The van der Waals surface area contributed by atoms with Crippen molar-refractivity contribution in [3.8, 4) is 0 Å². The van der Waals surface area contributed by atoms with Gasteiger partial charge in [-0.15, -0.1) is 0 Å². The molecule has 0 saturated carbocycles. The minimum Gasteiger partial charge on any atom is -0.394 e. The molecule has 9 nitrogen and oxygen atoms in total. The lowest BCUT2D eigenvalue weighted by molar-refractivity contribution is -0.120. The predicted molar refractivity (Wildman–Crippen MR) is 149 cm³/mol. The monoisotopic (exact) mass is 543 g/mol. The highest BCUT2D eigenvalue weighted by Gasteiger charge is 2.33. The van der Waals surface area contributed by atoms with Crippen LogP contribution in [-0.2, 0) is 23.9 Å². The Kier molecular flexibility index (Phi) is 12.5. The number of Topliss-reactive ketones (excluding diaryl/α,β-unsaturated/α-hetero) is 1. The van der Waals surface area contributed by atoms with E-state index in [4.69, 9.17) is 9.47 Å². The zero-order valence-corrected chi connectivity index (χ0v) is 24.0. The van der Waals surface area contributed by atoms with Crippen molar-refractivity contribution in [1.29, 1.82) is 0 Å². The van der Waals surface area contributed by atoms with E-state index in [1.807, 2.05) is 33.3 Å². The van der Waals surface area contributed by atoms with Crippen LogP contribution in [0.5, 0.6) is 0 Å². The van der Waals surface area contributed by atoms with E-state index < -0.39 is 35.7 Å². The van der Waals surface area contributed by atoms with Gasteiger partial charge >= 0.3 is 0 Å². The van der Waals surface area contributed by atoms with Gasteiger partial charge in [0, 0.05) is 49.8 Å². The number of aliphatic hydroxyl groups excluding tert-OH is 2. The van der Waals surface area contributed by atoms with Crippen LogP contribution in [0.2, 0.25) is 0 Å². The van der Waals surface area contributed by atoms with Crippen LogP contribution in [0.3, 0.4) is 0 Å². The lowest BCUT2D eigenvalue weighted by Crippen LogP contribution is -2.39. The molecule has 4 N–H and O–H groups in total. The number of rotatable bonds is 5. The number of carbonyl (C=O) groups is 3. The van der Waals surface area contributed by atoms with Crippen molar-refractivity contribution in [1.82, 2.24) is 10.6 Å². The second-order valence-electron chi connectivity index (χ2n) is 10.5. The van der Waals surface area contributed by atoms with E-state index in [0.717, 1.165) is 11.6 Å². The molecule has 0 saturated heterocycles. The van der Waals surface area contributed by atoms with Crippen LogP contribution < -0.4 is 10.6 Å². The highest BCUT2D eigenvalue weighted by Crippen LogP contribution is 2.28. The standard InChI is InChI=1S/C30H43N2O7/c1-17-11-20(4)28(35)26(39-7)14-18(2)13-23-27(31-21(5)16-33)25(34)15-24(29(23)36)32-30(37)19(3)9-8-10-22(12-17)38-6/h8-12,15,18,20-22,26,28,31,33,35H,13-14,16H2,1-7H3,(H,32,37)/b10-8-,17-11+,19-9+/t18-,20+,21-,22-,26+,28-/m1/s1. The second kappa shape index (κ2) is 15.1. The van der Waals surface area contributed by atoms with Gasteiger partial charge in [0.2, 0.25) is 11.6 Å². The van der Waals surface area contributed by atoms with Crippen LogP contribution in [0.1, 0.15) is 47.5 Å². The first kappa shape index (κ1) is 32.4. The van der Waals surface area contributed by atoms with Gasteiger partial charge in [-0.1, -0.05) is 43.7 Å². The molecule has 2 rings (SSSR count). The van der Waals surface area contributed by atoms with E-state index in [1.54, 1.807) is 39.2 Å². The molecule has 0 aromatic heterocycles. The summed E-state index contributed by atoms with van der Waals surface area (Å²) in [6.07, 6.45) is 8.96. The first-order chi connectivity index (χ1) is 18.4. The highest BCUT2D eigenvalue weighted by atomic mass is 16.5. The molecule has 0 aromatic rings. The lowest BCUT2D eigenvalue weighted by Gasteiger charge is -2.29. The number of methoxy groups -OCH3 is 2. The number of fused-ring (bicyclic) bond motifs is 2.